The van der Waals surface area contributed by atoms with Crippen LogP contribution in [-0.2, 0) is 6.54 Å². The number of thiazole rings is 2. The van der Waals surface area contributed by atoms with Crippen LogP contribution in [0.25, 0.3) is 0 Å². The maximum Gasteiger partial charge on any atom is 0.365 e. The van der Waals surface area contributed by atoms with Crippen LogP contribution in [0.3, 0.4) is 0 Å². The van der Waals surface area contributed by atoms with E-state index >= 15 is 0 Å². The van der Waals surface area contributed by atoms with E-state index in [9.17, 15) is 4.79 Å². The van der Waals surface area contributed by atoms with Gasteiger partial charge in [-0.15, -0.1) is 22.7 Å². The topological polar surface area (TPSA) is 75.1 Å². The zero-order valence-electron chi connectivity index (χ0n) is 10.0. The van der Waals surface area contributed by atoms with Crippen molar-refractivity contribution >= 4 is 28.6 Å². The summed E-state index contributed by atoms with van der Waals surface area (Å²) in [5.74, 6) is -0.977. The summed E-state index contributed by atoms with van der Waals surface area (Å²) < 4.78 is 0. The van der Waals surface area contributed by atoms with Gasteiger partial charge in [0.1, 0.15) is 5.01 Å². The van der Waals surface area contributed by atoms with E-state index < -0.39 is 5.97 Å². The zero-order chi connectivity index (χ0) is 13.1. The highest BCUT2D eigenvalue weighted by molar-refractivity contribution is 7.11. The second-order valence-corrected chi connectivity index (χ2v) is 5.63. The molecule has 0 saturated heterocycles. The van der Waals surface area contributed by atoms with E-state index in [0.29, 0.717) is 6.54 Å². The van der Waals surface area contributed by atoms with E-state index in [2.05, 4.69) is 15.3 Å². The van der Waals surface area contributed by atoms with E-state index in [0.717, 1.165) is 27.7 Å². The van der Waals surface area contributed by atoms with Crippen LogP contribution in [0.5, 0.6) is 0 Å². The molecule has 0 fully saturated rings. The molecule has 0 aliphatic heterocycles. The first-order chi connectivity index (χ1) is 8.56. The van der Waals surface area contributed by atoms with Gasteiger partial charge in [0.2, 0.25) is 5.01 Å². The summed E-state index contributed by atoms with van der Waals surface area (Å²) in [4.78, 5) is 19.1. The Hall–Kier alpha value is -1.31. The summed E-state index contributed by atoms with van der Waals surface area (Å²) in [7, 11) is 0. The molecule has 0 aliphatic carbocycles. The third-order valence-corrected chi connectivity index (χ3v) is 4.36. The average Bonchev–Trinajstić information content (AvgIpc) is 2.94. The Morgan fingerprint density at radius 3 is 2.78 bits per heavy atom. The van der Waals surface area contributed by atoms with Gasteiger partial charge in [0, 0.05) is 23.0 Å². The van der Waals surface area contributed by atoms with Crippen molar-refractivity contribution in [3.05, 3.63) is 32.2 Å². The van der Waals surface area contributed by atoms with E-state index in [1.807, 2.05) is 19.2 Å². The first-order valence-corrected chi connectivity index (χ1v) is 7.15. The standard InChI is InChI=1S/C11H13N3O2S2/c1-6-4-17-9(13-6)7(2)12-3-8-5-18-10(14-8)11(15)16/h4-5,7,12H,3H2,1-2H3,(H,15,16). The molecule has 0 radical (unpaired) electrons. The molecule has 7 heteroatoms. The molecule has 5 nitrogen and oxygen atoms in total. The number of carboxylic acids is 1. The van der Waals surface area contributed by atoms with Gasteiger partial charge in [0.25, 0.3) is 0 Å². The van der Waals surface area contributed by atoms with Crippen molar-refractivity contribution in [2.45, 2.75) is 26.4 Å². The minimum absolute atomic E-state index is 0.129. The largest absolute Gasteiger partial charge is 0.476 e. The van der Waals surface area contributed by atoms with Crippen molar-refractivity contribution in [1.82, 2.24) is 15.3 Å². The molecule has 2 rings (SSSR count). The fourth-order valence-corrected chi connectivity index (χ4v) is 2.89. The smallest absolute Gasteiger partial charge is 0.365 e. The molecule has 2 heterocycles. The predicted octanol–water partition coefficient (Wildman–Crippen LogP) is 2.46. The van der Waals surface area contributed by atoms with Crippen molar-refractivity contribution in [3.63, 3.8) is 0 Å². The molecule has 96 valence electrons. The number of rotatable bonds is 5. The minimum atomic E-state index is -0.977. The molecule has 1 unspecified atom stereocenters. The van der Waals surface area contributed by atoms with Gasteiger partial charge in [-0.05, 0) is 13.8 Å². The lowest BCUT2D eigenvalue weighted by molar-refractivity contribution is 0.0696. The Kier molecular flexibility index (Phi) is 4.05. The van der Waals surface area contributed by atoms with Gasteiger partial charge in [-0.3, -0.25) is 0 Å². The van der Waals surface area contributed by atoms with E-state index in [1.54, 1.807) is 16.7 Å². The lowest BCUT2D eigenvalue weighted by Gasteiger charge is -2.09. The van der Waals surface area contributed by atoms with Crippen molar-refractivity contribution in [1.29, 1.82) is 0 Å². The number of carbonyl (C=O) groups is 1. The van der Waals surface area contributed by atoms with Crippen LogP contribution in [0, 0.1) is 6.92 Å². The SMILES string of the molecule is Cc1csc(C(C)NCc2csc(C(=O)O)n2)n1. The number of aromatic carboxylic acids is 1. The molecule has 18 heavy (non-hydrogen) atoms. The van der Waals surface area contributed by atoms with Crippen molar-refractivity contribution in [3.8, 4) is 0 Å². The lowest BCUT2D eigenvalue weighted by atomic mass is 10.3. The fraction of sp³-hybridized carbons (Fsp3) is 0.364. The Morgan fingerprint density at radius 1 is 1.44 bits per heavy atom. The summed E-state index contributed by atoms with van der Waals surface area (Å²) >= 11 is 2.76. The Balaban J connectivity index is 1.92. The molecule has 2 aromatic heterocycles. The Bertz CT molecular complexity index is 550. The predicted molar refractivity (Wildman–Crippen MR) is 71.2 cm³/mol. The molecular weight excluding hydrogens is 270 g/mol. The van der Waals surface area contributed by atoms with Crippen LogP contribution in [0.2, 0.25) is 0 Å². The molecule has 0 amide bonds. The monoisotopic (exact) mass is 283 g/mol. The van der Waals surface area contributed by atoms with E-state index in [4.69, 9.17) is 5.11 Å². The first kappa shape index (κ1) is 13.1. The number of hydrogen-bond donors (Lipinski definition) is 2. The zero-order valence-corrected chi connectivity index (χ0v) is 11.6. The van der Waals surface area contributed by atoms with Crippen LogP contribution >= 0.6 is 22.7 Å². The molecule has 0 saturated carbocycles. The number of aryl methyl sites for hydroxylation is 1. The molecule has 0 aromatic carbocycles. The summed E-state index contributed by atoms with van der Waals surface area (Å²) in [6, 6.07) is 0.138. The Labute approximate surface area is 113 Å². The normalized spacial score (nSPS) is 12.6. The second kappa shape index (κ2) is 5.55. The van der Waals surface area contributed by atoms with Gasteiger partial charge in [0.05, 0.1) is 11.7 Å². The lowest BCUT2D eigenvalue weighted by Crippen LogP contribution is -2.18. The van der Waals surface area contributed by atoms with Gasteiger partial charge in [-0.2, -0.15) is 0 Å². The van der Waals surface area contributed by atoms with Gasteiger partial charge in [-0.25, -0.2) is 14.8 Å². The number of aromatic nitrogens is 2. The highest BCUT2D eigenvalue weighted by Crippen LogP contribution is 2.18. The molecule has 2 aromatic rings. The fourth-order valence-electron chi connectivity index (χ4n) is 1.40. The van der Waals surface area contributed by atoms with E-state index in [1.165, 1.54) is 0 Å². The number of nitrogens with one attached hydrogen (secondary N) is 1. The van der Waals surface area contributed by atoms with Crippen molar-refractivity contribution in [2.75, 3.05) is 0 Å². The van der Waals surface area contributed by atoms with Gasteiger partial charge in [0.15, 0.2) is 0 Å². The number of nitrogens with zero attached hydrogens (tertiary/aromatic N) is 2. The van der Waals surface area contributed by atoms with Crippen LogP contribution in [0.4, 0.5) is 0 Å². The third kappa shape index (κ3) is 3.12. The molecular formula is C11H13N3O2S2. The van der Waals surface area contributed by atoms with Crippen molar-refractivity contribution in [2.24, 2.45) is 0 Å². The second-order valence-electron chi connectivity index (χ2n) is 3.88. The molecule has 0 aliphatic rings. The molecule has 1 atom stereocenters. The highest BCUT2D eigenvalue weighted by Gasteiger charge is 2.12. The molecule has 0 spiro atoms. The number of carboxylic acid groups (broad SMARTS) is 1. The quantitative estimate of drug-likeness (QED) is 0.881. The third-order valence-electron chi connectivity index (χ3n) is 2.33. The van der Waals surface area contributed by atoms with Gasteiger partial charge in [-0.1, -0.05) is 0 Å². The summed E-state index contributed by atoms with van der Waals surface area (Å²) in [6.07, 6.45) is 0. The highest BCUT2D eigenvalue weighted by atomic mass is 32.1. The maximum absolute atomic E-state index is 10.7. The van der Waals surface area contributed by atoms with Gasteiger partial charge >= 0.3 is 5.97 Å². The van der Waals surface area contributed by atoms with Crippen LogP contribution in [0.1, 0.15) is 39.2 Å². The average molecular weight is 283 g/mol. The van der Waals surface area contributed by atoms with Crippen molar-refractivity contribution < 1.29 is 9.90 Å². The Morgan fingerprint density at radius 2 is 2.22 bits per heavy atom. The first-order valence-electron chi connectivity index (χ1n) is 5.39. The maximum atomic E-state index is 10.7. The minimum Gasteiger partial charge on any atom is -0.476 e. The number of hydrogen-bond acceptors (Lipinski definition) is 6. The summed E-state index contributed by atoms with van der Waals surface area (Å²) in [6.45, 7) is 4.54. The molecule has 0 bridgehead atoms. The van der Waals surface area contributed by atoms with Crippen LogP contribution in [-0.4, -0.2) is 21.0 Å². The summed E-state index contributed by atoms with van der Waals surface area (Å²) in [5.41, 5.74) is 1.77. The molecule has 2 N–H and O–H groups in total. The van der Waals surface area contributed by atoms with E-state index in [-0.39, 0.29) is 11.0 Å². The van der Waals surface area contributed by atoms with Crippen LogP contribution < -0.4 is 5.32 Å². The summed E-state index contributed by atoms with van der Waals surface area (Å²) in [5, 5.41) is 17.0. The van der Waals surface area contributed by atoms with Crippen LogP contribution in [0.15, 0.2) is 10.8 Å². The van der Waals surface area contributed by atoms with Gasteiger partial charge < -0.3 is 10.4 Å².